The summed E-state index contributed by atoms with van der Waals surface area (Å²) in [5.74, 6) is -0.594. The molecular weight excluding hydrogens is 456 g/mol. The van der Waals surface area contributed by atoms with Crippen molar-refractivity contribution in [1.29, 1.82) is 0 Å². The lowest BCUT2D eigenvalue weighted by Crippen LogP contribution is -2.35. The average Bonchev–Trinajstić information content (AvgIpc) is 3.60. The van der Waals surface area contributed by atoms with E-state index >= 15 is 0 Å². The van der Waals surface area contributed by atoms with E-state index in [1.54, 1.807) is 30.3 Å². The molecule has 0 bridgehead atoms. The van der Waals surface area contributed by atoms with Gasteiger partial charge in [0, 0.05) is 6.54 Å². The Kier molecular flexibility index (Phi) is 5.69. The van der Waals surface area contributed by atoms with Crippen LogP contribution in [0.25, 0.3) is 0 Å². The van der Waals surface area contributed by atoms with Crippen LogP contribution in [0, 0.1) is 0 Å². The average molecular weight is 476 g/mol. The van der Waals surface area contributed by atoms with Crippen LogP contribution in [0.4, 0.5) is 0 Å². The molecule has 178 valence electrons. The van der Waals surface area contributed by atoms with Gasteiger partial charge in [0.2, 0.25) is 6.79 Å². The second kappa shape index (κ2) is 8.98. The highest BCUT2D eigenvalue weighted by Gasteiger charge is 2.36. The highest BCUT2D eigenvalue weighted by molar-refractivity contribution is 6.21. The lowest BCUT2D eigenvalue weighted by molar-refractivity contribution is -0.129. The largest absolute Gasteiger partial charge is 0.467 e. The third-order valence-electron chi connectivity index (χ3n) is 5.66. The van der Waals surface area contributed by atoms with Gasteiger partial charge in [0.25, 0.3) is 17.7 Å². The van der Waals surface area contributed by atoms with Gasteiger partial charge in [0.05, 0.1) is 29.5 Å². The zero-order valence-corrected chi connectivity index (χ0v) is 18.6. The van der Waals surface area contributed by atoms with Crippen molar-refractivity contribution >= 4 is 23.7 Å². The summed E-state index contributed by atoms with van der Waals surface area (Å²) >= 11 is 0. The van der Waals surface area contributed by atoms with E-state index in [0.29, 0.717) is 17.3 Å². The van der Waals surface area contributed by atoms with Gasteiger partial charge in [0.15, 0.2) is 17.6 Å². The zero-order chi connectivity index (χ0) is 24.5. The predicted octanol–water partition coefficient (Wildman–Crippen LogP) is 2.67. The van der Waals surface area contributed by atoms with Crippen LogP contribution in [-0.2, 0) is 22.6 Å². The third-order valence-corrected chi connectivity index (χ3v) is 5.66. The molecule has 10 heteroatoms. The van der Waals surface area contributed by atoms with Crippen molar-refractivity contribution in [2.75, 3.05) is 6.79 Å². The summed E-state index contributed by atoms with van der Waals surface area (Å²) in [5.41, 5.74) is 1.13. The van der Waals surface area contributed by atoms with Crippen LogP contribution in [0.1, 0.15) is 49.3 Å². The third kappa shape index (κ3) is 4.33. The van der Waals surface area contributed by atoms with Gasteiger partial charge in [-0.05, 0) is 55.0 Å². The first-order valence-electron chi connectivity index (χ1n) is 10.8. The molecule has 3 heterocycles. The molecule has 0 fully saturated rings. The first-order chi connectivity index (χ1) is 16.9. The second-order valence-corrected chi connectivity index (χ2v) is 7.99. The van der Waals surface area contributed by atoms with E-state index < -0.39 is 29.8 Å². The molecule has 0 saturated heterocycles. The molecule has 2 aliphatic heterocycles. The highest BCUT2D eigenvalue weighted by atomic mass is 16.7. The van der Waals surface area contributed by atoms with Crippen LogP contribution in [-0.4, -0.2) is 41.5 Å². The number of rotatable bonds is 7. The predicted molar refractivity (Wildman–Crippen MR) is 119 cm³/mol. The number of amides is 3. The van der Waals surface area contributed by atoms with Crippen LogP contribution in [0.3, 0.4) is 0 Å². The Morgan fingerprint density at radius 1 is 1.03 bits per heavy atom. The molecule has 3 aromatic rings. The maximum atomic E-state index is 12.8. The van der Waals surface area contributed by atoms with E-state index in [2.05, 4.69) is 5.32 Å². The van der Waals surface area contributed by atoms with Gasteiger partial charge in [0.1, 0.15) is 5.76 Å². The van der Waals surface area contributed by atoms with Crippen molar-refractivity contribution in [1.82, 2.24) is 10.2 Å². The van der Waals surface area contributed by atoms with Crippen molar-refractivity contribution in [3.63, 3.8) is 0 Å². The molecule has 10 nitrogen and oxygen atoms in total. The summed E-state index contributed by atoms with van der Waals surface area (Å²) in [6.45, 7) is 1.79. The number of nitrogens with zero attached hydrogens (tertiary/aromatic N) is 1. The fourth-order valence-corrected chi connectivity index (χ4v) is 3.79. The Bertz CT molecular complexity index is 1330. The topological polar surface area (TPSA) is 124 Å². The van der Waals surface area contributed by atoms with Crippen LogP contribution >= 0.6 is 0 Å². The molecule has 0 saturated carbocycles. The molecule has 35 heavy (non-hydrogen) atoms. The number of ether oxygens (including phenoxy) is 3. The maximum absolute atomic E-state index is 12.8. The molecule has 0 radical (unpaired) electrons. The Hall–Kier alpha value is -4.60. The first-order valence-corrected chi connectivity index (χ1v) is 10.8. The van der Waals surface area contributed by atoms with E-state index in [1.165, 1.54) is 31.4 Å². The lowest BCUT2D eigenvalue weighted by atomic mass is 10.1. The molecule has 0 spiro atoms. The number of fused-ring (bicyclic) bond motifs is 2. The normalized spacial score (nSPS) is 14.6. The van der Waals surface area contributed by atoms with E-state index in [0.717, 1.165) is 10.5 Å². The van der Waals surface area contributed by atoms with E-state index in [-0.39, 0.29) is 36.6 Å². The van der Waals surface area contributed by atoms with Gasteiger partial charge in [-0.1, -0.05) is 6.07 Å². The number of carbonyl (C=O) groups is 4. The minimum Gasteiger partial charge on any atom is -0.467 e. The Balaban J connectivity index is 1.20. The Morgan fingerprint density at radius 2 is 1.83 bits per heavy atom. The van der Waals surface area contributed by atoms with Crippen molar-refractivity contribution in [2.24, 2.45) is 0 Å². The standard InChI is InChI=1S/C25H20N2O8/c1-14(22(28)26-11-15-4-7-20-21(9-15)34-13-33-20)35-25(31)16-5-6-18-19(10-16)24(30)27(23(18)29)12-17-3-2-8-32-17/h2-10,14H,11-13H2,1H3,(H,26,28)/t14-/m0/s1. The second-order valence-electron chi connectivity index (χ2n) is 7.99. The van der Waals surface area contributed by atoms with E-state index in [4.69, 9.17) is 18.6 Å². The molecule has 0 aliphatic carbocycles. The summed E-state index contributed by atoms with van der Waals surface area (Å²) in [6, 6.07) is 12.7. The lowest BCUT2D eigenvalue weighted by Gasteiger charge is -2.14. The minimum atomic E-state index is -1.09. The SMILES string of the molecule is C[C@H](OC(=O)c1ccc2c(c1)C(=O)N(Cc1ccco1)C2=O)C(=O)NCc1ccc2c(c1)OCO2. The van der Waals surface area contributed by atoms with Crippen LogP contribution < -0.4 is 14.8 Å². The molecule has 1 N–H and O–H groups in total. The number of hydrogen-bond donors (Lipinski definition) is 1. The molecule has 0 unspecified atom stereocenters. The number of benzene rings is 2. The zero-order valence-electron chi connectivity index (χ0n) is 18.6. The summed E-state index contributed by atoms with van der Waals surface area (Å²) < 4.78 is 21.1. The smallest absolute Gasteiger partial charge is 0.338 e. The van der Waals surface area contributed by atoms with Crippen molar-refractivity contribution < 1.29 is 37.8 Å². The molecule has 1 atom stereocenters. The minimum absolute atomic E-state index is 0.0142. The molecule has 2 aromatic carbocycles. The van der Waals surface area contributed by atoms with Crippen LogP contribution in [0.15, 0.2) is 59.2 Å². The fraction of sp³-hybridized carbons (Fsp3) is 0.200. The Morgan fingerprint density at radius 3 is 2.63 bits per heavy atom. The molecule has 3 amide bonds. The first kappa shape index (κ1) is 22.2. The maximum Gasteiger partial charge on any atom is 0.338 e. The van der Waals surface area contributed by atoms with Crippen molar-refractivity contribution in [3.05, 3.63) is 82.8 Å². The molecule has 5 rings (SSSR count). The van der Waals surface area contributed by atoms with Crippen LogP contribution in [0.2, 0.25) is 0 Å². The fourth-order valence-electron chi connectivity index (χ4n) is 3.79. The molecule has 1 aromatic heterocycles. The summed E-state index contributed by atoms with van der Waals surface area (Å²) in [6.07, 6.45) is 0.367. The van der Waals surface area contributed by atoms with Gasteiger partial charge in [-0.2, -0.15) is 0 Å². The van der Waals surface area contributed by atoms with E-state index in [9.17, 15) is 19.2 Å². The van der Waals surface area contributed by atoms with Gasteiger partial charge in [-0.25, -0.2) is 4.79 Å². The van der Waals surface area contributed by atoms with Crippen molar-refractivity contribution in [2.45, 2.75) is 26.1 Å². The number of esters is 1. The summed E-state index contributed by atoms with van der Waals surface area (Å²) in [5, 5.41) is 2.70. The van der Waals surface area contributed by atoms with E-state index in [1.807, 2.05) is 0 Å². The number of nitrogens with one attached hydrogen (secondary N) is 1. The summed E-state index contributed by atoms with van der Waals surface area (Å²) in [4.78, 5) is 51.5. The number of carbonyl (C=O) groups excluding carboxylic acids is 4. The molecular formula is C25H20N2O8. The summed E-state index contributed by atoms with van der Waals surface area (Å²) in [7, 11) is 0. The number of furan rings is 1. The molecule has 2 aliphatic rings. The number of hydrogen-bond acceptors (Lipinski definition) is 8. The van der Waals surface area contributed by atoms with Crippen LogP contribution in [0.5, 0.6) is 11.5 Å². The van der Waals surface area contributed by atoms with Gasteiger partial charge in [-0.15, -0.1) is 0 Å². The Labute approximate surface area is 199 Å². The quantitative estimate of drug-likeness (QED) is 0.408. The van der Waals surface area contributed by atoms with Crippen molar-refractivity contribution in [3.8, 4) is 11.5 Å². The van der Waals surface area contributed by atoms with Gasteiger partial charge >= 0.3 is 5.97 Å². The van der Waals surface area contributed by atoms with Gasteiger partial charge in [-0.3, -0.25) is 19.3 Å². The number of imide groups is 1. The monoisotopic (exact) mass is 476 g/mol. The van der Waals surface area contributed by atoms with Gasteiger partial charge < -0.3 is 23.9 Å². The highest BCUT2D eigenvalue weighted by Crippen LogP contribution is 2.32.